The Labute approximate surface area is 240 Å². The van der Waals surface area contributed by atoms with Crippen molar-refractivity contribution >= 4 is 22.4 Å². The zero-order valence-electron chi connectivity index (χ0n) is 24.1. The van der Waals surface area contributed by atoms with Crippen LogP contribution in [0.2, 0.25) is 0 Å². The number of benzene rings is 1. The molecule has 9 nitrogen and oxygen atoms in total. The normalized spacial score (nSPS) is 21.3. The van der Waals surface area contributed by atoms with Gasteiger partial charge in [0.05, 0.1) is 30.5 Å². The van der Waals surface area contributed by atoms with E-state index in [0.717, 1.165) is 56.6 Å². The molecule has 1 unspecified atom stereocenters. The average molecular weight is 558 g/mol. The molecular formula is C31H36FN7O2. The Morgan fingerprint density at radius 1 is 1.10 bits per heavy atom. The van der Waals surface area contributed by atoms with Crippen LogP contribution < -0.4 is 15.4 Å². The molecule has 0 radical (unpaired) electrons. The van der Waals surface area contributed by atoms with Crippen molar-refractivity contribution in [3.05, 3.63) is 63.3 Å². The van der Waals surface area contributed by atoms with E-state index in [9.17, 15) is 19.7 Å². The van der Waals surface area contributed by atoms with Crippen molar-refractivity contribution in [3.8, 4) is 12.1 Å². The van der Waals surface area contributed by atoms with Gasteiger partial charge in [-0.1, -0.05) is 0 Å². The van der Waals surface area contributed by atoms with Gasteiger partial charge >= 0.3 is 0 Å². The molecule has 5 rings (SSSR count). The Balaban J connectivity index is 1.43. The number of fused-ring (bicyclic) bond motifs is 1. The van der Waals surface area contributed by atoms with Gasteiger partial charge < -0.3 is 19.1 Å². The van der Waals surface area contributed by atoms with Crippen molar-refractivity contribution in [1.29, 1.82) is 10.5 Å². The fourth-order valence-corrected chi connectivity index (χ4v) is 6.38. The predicted octanol–water partition coefficient (Wildman–Crippen LogP) is 3.71. The topological polar surface area (TPSA) is 101 Å². The number of nitriles is 2. The molecule has 1 aliphatic carbocycles. The highest BCUT2D eigenvalue weighted by Crippen LogP contribution is 2.36. The van der Waals surface area contributed by atoms with Gasteiger partial charge in [-0.25, -0.2) is 9.37 Å². The first-order valence-electron chi connectivity index (χ1n) is 14.1. The SMILES string of the molecule is Cc1cc(F)ccc1N(CC1COCCN1C)C1CCC(N(C)c2c(C#N)c(=O)n(C)c3ccc(C#N)nc23)CC1. The Morgan fingerprint density at radius 2 is 1.83 bits per heavy atom. The minimum Gasteiger partial charge on any atom is -0.378 e. The second-order valence-corrected chi connectivity index (χ2v) is 11.2. The molecule has 3 aromatic rings. The number of morpholine rings is 1. The van der Waals surface area contributed by atoms with E-state index in [0.29, 0.717) is 23.3 Å². The lowest BCUT2D eigenvalue weighted by molar-refractivity contribution is 0.00791. The van der Waals surface area contributed by atoms with Crippen molar-refractivity contribution < 1.29 is 9.13 Å². The highest BCUT2D eigenvalue weighted by molar-refractivity contribution is 5.92. The Morgan fingerprint density at radius 3 is 2.49 bits per heavy atom. The molecule has 41 heavy (non-hydrogen) atoms. The summed E-state index contributed by atoms with van der Waals surface area (Å²) in [6.45, 7) is 5.01. The number of aryl methyl sites for hydroxylation is 2. The molecule has 0 amide bonds. The van der Waals surface area contributed by atoms with Gasteiger partial charge in [0.15, 0.2) is 0 Å². The van der Waals surface area contributed by atoms with Gasteiger partial charge in [0.25, 0.3) is 5.56 Å². The van der Waals surface area contributed by atoms with Crippen LogP contribution in [0.1, 0.15) is 42.5 Å². The number of hydrogen-bond acceptors (Lipinski definition) is 8. The number of anilines is 2. The lowest BCUT2D eigenvalue weighted by Gasteiger charge is -2.44. The number of rotatable bonds is 6. The summed E-state index contributed by atoms with van der Waals surface area (Å²) < 4.78 is 21.2. The van der Waals surface area contributed by atoms with Crippen LogP contribution in [0.25, 0.3) is 11.0 Å². The van der Waals surface area contributed by atoms with E-state index in [1.54, 1.807) is 25.2 Å². The lowest BCUT2D eigenvalue weighted by Crippen LogP contribution is -2.53. The third-order valence-corrected chi connectivity index (χ3v) is 8.85. The molecule has 0 spiro atoms. The fraction of sp³-hybridized carbons (Fsp3) is 0.484. The lowest BCUT2D eigenvalue weighted by atomic mass is 9.88. The maximum atomic E-state index is 14.0. The smallest absolute Gasteiger partial charge is 0.270 e. The molecule has 1 saturated carbocycles. The quantitative estimate of drug-likeness (QED) is 0.452. The Hall–Kier alpha value is -3.99. The molecule has 1 atom stereocenters. The molecule has 1 aromatic carbocycles. The zero-order valence-corrected chi connectivity index (χ0v) is 24.1. The van der Waals surface area contributed by atoms with Crippen molar-refractivity contribution in [3.63, 3.8) is 0 Å². The monoisotopic (exact) mass is 557 g/mol. The van der Waals surface area contributed by atoms with Crippen molar-refractivity contribution in [2.24, 2.45) is 7.05 Å². The summed E-state index contributed by atoms with van der Waals surface area (Å²) in [5.41, 5.74) is 3.40. The van der Waals surface area contributed by atoms with Crippen LogP contribution >= 0.6 is 0 Å². The first-order valence-corrected chi connectivity index (χ1v) is 14.1. The summed E-state index contributed by atoms with van der Waals surface area (Å²) in [6.07, 6.45) is 3.47. The third kappa shape index (κ3) is 5.50. The summed E-state index contributed by atoms with van der Waals surface area (Å²) in [7, 11) is 5.66. The fourth-order valence-electron chi connectivity index (χ4n) is 6.38. The van der Waals surface area contributed by atoms with Gasteiger partial charge in [0, 0.05) is 45.0 Å². The number of hydrogen-bond donors (Lipinski definition) is 0. The van der Waals surface area contributed by atoms with Crippen LogP contribution in [-0.2, 0) is 11.8 Å². The van der Waals surface area contributed by atoms with E-state index in [4.69, 9.17) is 4.74 Å². The van der Waals surface area contributed by atoms with E-state index in [1.807, 2.05) is 24.9 Å². The van der Waals surface area contributed by atoms with Crippen LogP contribution in [0.5, 0.6) is 0 Å². The first-order chi connectivity index (χ1) is 19.7. The second kappa shape index (κ2) is 11.9. The largest absolute Gasteiger partial charge is 0.378 e. The van der Waals surface area contributed by atoms with Gasteiger partial charge in [-0.2, -0.15) is 10.5 Å². The Kier molecular flexibility index (Phi) is 8.25. The minimum atomic E-state index is -0.376. The number of ether oxygens (including phenoxy) is 1. The van der Waals surface area contributed by atoms with E-state index in [2.05, 4.69) is 34.0 Å². The van der Waals surface area contributed by atoms with Crippen molar-refractivity contribution in [1.82, 2.24) is 14.5 Å². The van der Waals surface area contributed by atoms with Crippen LogP contribution in [0.3, 0.4) is 0 Å². The number of likely N-dealkylation sites (N-methyl/N-ethyl adjacent to an activating group) is 1. The van der Waals surface area contributed by atoms with Crippen molar-refractivity contribution in [2.75, 3.05) is 50.2 Å². The molecule has 2 aliphatic rings. The van der Waals surface area contributed by atoms with Gasteiger partial charge in [-0.15, -0.1) is 0 Å². The molecule has 0 bridgehead atoms. The van der Waals surface area contributed by atoms with Crippen LogP contribution in [-0.4, -0.2) is 73.0 Å². The number of pyridine rings is 2. The number of nitrogens with zero attached hydrogens (tertiary/aromatic N) is 7. The first kappa shape index (κ1) is 28.5. The van der Waals surface area contributed by atoms with E-state index in [1.165, 1.54) is 10.6 Å². The summed E-state index contributed by atoms with van der Waals surface area (Å²) in [6, 6.07) is 13.1. The highest BCUT2D eigenvalue weighted by Gasteiger charge is 2.33. The van der Waals surface area contributed by atoms with E-state index < -0.39 is 0 Å². The zero-order chi connectivity index (χ0) is 29.3. The molecule has 3 heterocycles. The summed E-state index contributed by atoms with van der Waals surface area (Å²) in [5.74, 6) is -0.239. The van der Waals surface area contributed by atoms with Gasteiger partial charge in [0.2, 0.25) is 0 Å². The molecule has 1 aliphatic heterocycles. The molecule has 214 valence electrons. The molecule has 0 N–H and O–H groups in total. The maximum Gasteiger partial charge on any atom is 0.270 e. The highest BCUT2D eigenvalue weighted by atomic mass is 19.1. The van der Waals surface area contributed by atoms with E-state index >= 15 is 0 Å². The molecular weight excluding hydrogens is 521 g/mol. The molecule has 1 saturated heterocycles. The summed E-state index contributed by atoms with van der Waals surface area (Å²) in [5, 5.41) is 19.5. The average Bonchev–Trinajstić information content (AvgIpc) is 2.98. The standard InChI is InChI=1S/C31H36FN7O2/c1-20-15-21(32)5-11-27(20)39(18-25-19-41-14-13-36(25)2)24-9-7-23(8-10-24)37(3)30-26(17-34)31(40)38(4)28-12-6-22(16-33)35-29(28)30/h5-6,11-12,15,23-25H,7-10,13-14,18-19H2,1-4H3. The predicted molar refractivity (Wildman–Crippen MR) is 157 cm³/mol. The van der Waals surface area contributed by atoms with Crippen molar-refractivity contribution in [2.45, 2.75) is 50.7 Å². The Bertz CT molecular complexity index is 1580. The third-order valence-electron chi connectivity index (χ3n) is 8.85. The maximum absolute atomic E-state index is 14.0. The summed E-state index contributed by atoms with van der Waals surface area (Å²) >= 11 is 0. The van der Waals surface area contributed by atoms with Crippen LogP contribution in [0, 0.1) is 35.4 Å². The number of aromatic nitrogens is 2. The minimum absolute atomic E-state index is 0.0381. The van der Waals surface area contributed by atoms with Crippen LogP contribution in [0.4, 0.5) is 15.8 Å². The molecule has 10 heteroatoms. The van der Waals surface area contributed by atoms with Gasteiger partial charge in [-0.3, -0.25) is 9.69 Å². The van der Waals surface area contributed by atoms with E-state index in [-0.39, 0.29) is 40.8 Å². The molecule has 2 fully saturated rings. The second-order valence-electron chi connectivity index (χ2n) is 11.2. The summed E-state index contributed by atoms with van der Waals surface area (Å²) in [4.78, 5) is 24.4. The van der Waals surface area contributed by atoms with Gasteiger partial charge in [0.1, 0.15) is 34.7 Å². The van der Waals surface area contributed by atoms with Gasteiger partial charge in [-0.05, 0) is 75.5 Å². The van der Waals surface area contributed by atoms with Crippen LogP contribution in [0.15, 0.2) is 35.1 Å². The molecule has 2 aromatic heterocycles. The number of halogens is 1.